The summed E-state index contributed by atoms with van der Waals surface area (Å²) < 4.78 is 2.10. The number of aryl methyl sites for hydroxylation is 2. The molecule has 0 radical (unpaired) electrons. The molecule has 0 aliphatic carbocycles. The number of aromatic nitrogens is 2. The van der Waals surface area contributed by atoms with Crippen LogP contribution in [0.15, 0.2) is 18.2 Å². The van der Waals surface area contributed by atoms with Gasteiger partial charge >= 0.3 is 5.97 Å². The average Bonchev–Trinajstić information content (AvgIpc) is 2.73. The van der Waals surface area contributed by atoms with Crippen LogP contribution in [0.3, 0.4) is 0 Å². The van der Waals surface area contributed by atoms with Crippen molar-refractivity contribution in [1.29, 1.82) is 0 Å². The van der Waals surface area contributed by atoms with Gasteiger partial charge in [0, 0.05) is 13.0 Å². The van der Waals surface area contributed by atoms with Crippen molar-refractivity contribution in [3.8, 4) is 0 Å². The molecule has 1 N–H and O–H groups in total. The van der Waals surface area contributed by atoms with Crippen molar-refractivity contribution in [3.63, 3.8) is 0 Å². The molecular formula is C17H24N2O2. The molecule has 21 heavy (non-hydrogen) atoms. The van der Waals surface area contributed by atoms with E-state index in [1.54, 1.807) is 12.1 Å². The van der Waals surface area contributed by atoms with Crippen LogP contribution in [-0.2, 0) is 13.0 Å². The molecule has 0 amide bonds. The Balaban J connectivity index is 2.56. The summed E-state index contributed by atoms with van der Waals surface area (Å²) in [5, 5.41) is 9.43. The molecule has 0 aliphatic heterocycles. The van der Waals surface area contributed by atoms with Crippen molar-refractivity contribution >= 4 is 17.0 Å². The molecule has 1 aromatic heterocycles. The molecule has 0 saturated heterocycles. The zero-order valence-corrected chi connectivity index (χ0v) is 13.3. The van der Waals surface area contributed by atoms with E-state index in [0.29, 0.717) is 5.56 Å². The maximum atomic E-state index is 11.5. The van der Waals surface area contributed by atoms with Crippen LogP contribution in [0.5, 0.6) is 0 Å². The van der Waals surface area contributed by atoms with Crippen LogP contribution in [0.25, 0.3) is 11.0 Å². The first-order valence-electron chi connectivity index (χ1n) is 7.55. The highest BCUT2D eigenvalue weighted by molar-refractivity contribution is 6.01. The van der Waals surface area contributed by atoms with Crippen molar-refractivity contribution in [3.05, 3.63) is 29.6 Å². The Bertz CT molecular complexity index is 651. The van der Waals surface area contributed by atoms with Crippen LogP contribution >= 0.6 is 0 Å². The van der Waals surface area contributed by atoms with Crippen LogP contribution in [0.4, 0.5) is 0 Å². The van der Waals surface area contributed by atoms with Gasteiger partial charge in [-0.25, -0.2) is 9.78 Å². The number of para-hydroxylation sites is 1. The lowest BCUT2D eigenvalue weighted by atomic mass is 9.92. The van der Waals surface area contributed by atoms with Crippen molar-refractivity contribution in [2.24, 2.45) is 5.41 Å². The quantitative estimate of drug-likeness (QED) is 0.900. The molecule has 2 aromatic rings. The van der Waals surface area contributed by atoms with E-state index >= 15 is 0 Å². The third-order valence-electron chi connectivity index (χ3n) is 3.64. The number of carbonyl (C=O) groups is 1. The number of carboxylic acid groups (broad SMARTS) is 1. The fourth-order valence-corrected chi connectivity index (χ4v) is 2.51. The second kappa shape index (κ2) is 5.88. The minimum Gasteiger partial charge on any atom is -0.478 e. The molecule has 0 bridgehead atoms. The van der Waals surface area contributed by atoms with Crippen molar-refractivity contribution in [2.75, 3.05) is 0 Å². The summed E-state index contributed by atoms with van der Waals surface area (Å²) in [6.07, 6.45) is 2.86. The molecule has 114 valence electrons. The Morgan fingerprint density at radius 2 is 2.05 bits per heavy atom. The van der Waals surface area contributed by atoms with Crippen molar-refractivity contribution < 1.29 is 9.90 Å². The number of benzene rings is 1. The topological polar surface area (TPSA) is 55.1 Å². The van der Waals surface area contributed by atoms with Crippen LogP contribution in [0.2, 0.25) is 0 Å². The van der Waals surface area contributed by atoms with Gasteiger partial charge in [0.25, 0.3) is 0 Å². The van der Waals surface area contributed by atoms with Crippen LogP contribution < -0.4 is 0 Å². The van der Waals surface area contributed by atoms with Gasteiger partial charge in [-0.2, -0.15) is 0 Å². The molecule has 2 rings (SSSR count). The molecule has 1 aromatic carbocycles. The Morgan fingerprint density at radius 3 is 2.62 bits per heavy atom. The second-order valence-electron chi connectivity index (χ2n) is 6.72. The SMILES string of the molecule is CCCc1nc2cccc(C(=O)O)c2n1CCC(C)(C)C. The summed E-state index contributed by atoms with van der Waals surface area (Å²) in [5.41, 5.74) is 2.10. The first-order chi connectivity index (χ1) is 9.83. The third kappa shape index (κ3) is 3.43. The van der Waals surface area contributed by atoms with Crippen molar-refractivity contribution in [1.82, 2.24) is 9.55 Å². The van der Waals surface area contributed by atoms with E-state index < -0.39 is 5.97 Å². The van der Waals surface area contributed by atoms with E-state index in [1.165, 1.54) is 0 Å². The van der Waals surface area contributed by atoms with Crippen LogP contribution in [0, 0.1) is 5.41 Å². The zero-order chi connectivity index (χ0) is 15.6. The fourth-order valence-electron chi connectivity index (χ4n) is 2.51. The molecule has 0 fully saturated rings. The molecule has 0 saturated carbocycles. The monoisotopic (exact) mass is 288 g/mol. The Hall–Kier alpha value is -1.84. The number of hydrogen-bond acceptors (Lipinski definition) is 2. The average molecular weight is 288 g/mol. The maximum Gasteiger partial charge on any atom is 0.337 e. The van der Waals surface area contributed by atoms with Gasteiger partial charge in [0.2, 0.25) is 0 Å². The summed E-state index contributed by atoms with van der Waals surface area (Å²) in [5.74, 6) is 0.103. The standard InChI is InChI=1S/C17H24N2O2/c1-5-7-14-18-13-9-6-8-12(16(20)21)15(13)19(14)11-10-17(2,3)4/h6,8-9H,5,7,10-11H2,1-4H3,(H,20,21). The van der Waals surface area contributed by atoms with E-state index in [4.69, 9.17) is 0 Å². The summed E-state index contributed by atoms with van der Waals surface area (Å²) in [7, 11) is 0. The van der Waals surface area contributed by atoms with Gasteiger partial charge in [0.05, 0.1) is 16.6 Å². The molecule has 1 heterocycles. The molecular weight excluding hydrogens is 264 g/mol. The minimum atomic E-state index is -0.888. The predicted molar refractivity (Wildman–Crippen MR) is 84.8 cm³/mol. The van der Waals surface area contributed by atoms with Gasteiger partial charge in [0.1, 0.15) is 5.82 Å². The molecule has 4 heteroatoms. The number of carboxylic acids is 1. The molecule has 0 atom stereocenters. The number of aromatic carboxylic acids is 1. The number of nitrogens with zero attached hydrogens (tertiary/aromatic N) is 2. The summed E-state index contributed by atoms with van der Waals surface area (Å²) >= 11 is 0. The predicted octanol–water partition coefficient (Wildman–Crippen LogP) is 4.12. The van der Waals surface area contributed by atoms with Gasteiger partial charge in [-0.1, -0.05) is 33.8 Å². The molecule has 0 spiro atoms. The Labute approximate surface area is 125 Å². The maximum absolute atomic E-state index is 11.5. The van der Waals surface area contributed by atoms with E-state index in [9.17, 15) is 9.90 Å². The zero-order valence-electron chi connectivity index (χ0n) is 13.3. The lowest BCUT2D eigenvalue weighted by Crippen LogP contribution is -2.13. The summed E-state index contributed by atoms with van der Waals surface area (Å²) in [4.78, 5) is 16.1. The van der Waals surface area contributed by atoms with E-state index in [-0.39, 0.29) is 5.41 Å². The third-order valence-corrected chi connectivity index (χ3v) is 3.64. The molecule has 4 nitrogen and oxygen atoms in total. The molecule has 0 aliphatic rings. The fraction of sp³-hybridized carbons (Fsp3) is 0.529. The van der Waals surface area contributed by atoms with Gasteiger partial charge in [0.15, 0.2) is 0 Å². The minimum absolute atomic E-state index is 0.207. The lowest BCUT2D eigenvalue weighted by Gasteiger charge is -2.20. The summed E-state index contributed by atoms with van der Waals surface area (Å²) in [6.45, 7) is 9.52. The van der Waals surface area contributed by atoms with E-state index in [1.807, 2.05) is 6.07 Å². The number of imidazole rings is 1. The van der Waals surface area contributed by atoms with E-state index in [2.05, 4.69) is 37.2 Å². The summed E-state index contributed by atoms with van der Waals surface area (Å²) in [6, 6.07) is 5.33. The molecule has 0 unspecified atom stereocenters. The number of rotatable bonds is 5. The van der Waals surface area contributed by atoms with Gasteiger partial charge in [-0.3, -0.25) is 0 Å². The Kier molecular flexibility index (Phi) is 4.35. The largest absolute Gasteiger partial charge is 0.478 e. The normalized spacial score (nSPS) is 12.0. The smallest absolute Gasteiger partial charge is 0.337 e. The van der Waals surface area contributed by atoms with Crippen LogP contribution in [-0.4, -0.2) is 20.6 Å². The number of fused-ring (bicyclic) bond motifs is 1. The van der Waals surface area contributed by atoms with Gasteiger partial charge < -0.3 is 9.67 Å². The highest BCUT2D eigenvalue weighted by Crippen LogP contribution is 2.25. The lowest BCUT2D eigenvalue weighted by molar-refractivity contribution is 0.0698. The number of hydrogen-bond donors (Lipinski definition) is 1. The van der Waals surface area contributed by atoms with E-state index in [0.717, 1.165) is 42.7 Å². The first kappa shape index (κ1) is 15.5. The highest BCUT2D eigenvalue weighted by Gasteiger charge is 2.19. The first-order valence-corrected chi connectivity index (χ1v) is 7.55. The van der Waals surface area contributed by atoms with Gasteiger partial charge in [-0.05, 0) is 30.4 Å². The Morgan fingerprint density at radius 1 is 1.33 bits per heavy atom. The van der Waals surface area contributed by atoms with Crippen molar-refractivity contribution in [2.45, 2.75) is 53.5 Å². The second-order valence-corrected chi connectivity index (χ2v) is 6.72. The van der Waals surface area contributed by atoms with Crippen LogP contribution in [0.1, 0.15) is 56.7 Å². The van der Waals surface area contributed by atoms with Gasteiger partial charge in [-0.15, -0.1) is 0 Å². The highest BCUT2D eigenvalue weighted by atomic mass is 16.4.